The predicted molar refractivity (Wildman–Crippen MR) is 111 cm³/mol. The number of hydrogen-bond acceptors (Lipinski definition) is 3. The molecule has 0 saturated carbocycles. The second kappa shape index (κ2) is 7.82. The van der Waals surface area contributed by atoms with E-state index in [9.17, 15) is 18.0 Å². The number of Topliss-reactive ketones (excluding diaryl/α,β-unsaturated/α-hetero) is 1. The van der Waals surface area contributed by atoms with Crippen LogP contribution in [-0.2, 0) is 12.6 Å². The van der Waals surface area contributed by atoms with Gasteiger partial charge < -0.3 is 9.64 Å². The number of carbonyl (C=O) groups is 1. The largest absolute Gasteiger partial charge is 0.495 e. The van der Waals surface area contributed by atoms with Crippen LogP contribution in [-0.4, -0.2) is 26.0 Å². The van der Waals surface area contributed by atoms with Crippen LogP contribution in [0.25, 0.3) is 6.08 Å². The highest BCUT2D eigenvalue weighted by atomic mass is 19.4. The van der Waals surface area contributed by atoms with E-state index in [1.54, 1.807) is 25.3 Å². The first-order valence-corrected chi connectivity index (χ1v) is 10.1. The van der Waals surface area contributed by atoms with Gasteiger partial charge in [0.25, 0.3) is 0 Å². The fraction of sp³-hybridized carbons (Fsp3) is 0.375. The van der Waals surface area contributed by atoms with E-state index in [4.69, 9.17) is 4.74 Å². The molecule has 0 aromatic heterocycles. The number of nitrogens with zero attached hydrogens (tertiary/aromatic N) is 1. The molecule has 30 heavy (non-hydrogen) atoms. The van der Waals surface area contributed by atoms with Crippen LogP contribution in [0.4, 0.5) is 18.9 Å². The molecular weight excluding hydrogens is 391 g/mol. The van der Waals surface area contributed by atoms with Gasteiger partial charge >= 0.3 is 6.18 Å². The lowest BCUT2D eigenvalue weighted by atomic mass is 9.98. The van der Waals surface area contributed by atoms with Gasteiger partial charge in [0.1, 0.15) is 5.75 Å². The van der Waals surface area contributed by atoms with Gasteiger partial charge in [-0.25, -0.2) is 0 Å². The molecule has 0 spiro atoms. The van der Waals surface area contributed by atoms with E-state index >= 15 is 0 Å². The molecule has 1 heterocycles. The average Bonchev–Trinajstić information content (AvgIpc) is 3.02. The number of rotatable bonds is 3. The number of hydrogen-bond donors (Lipinski definition) is 0. The SMILES string of the molecule is COc1cc2c(cc1N1CCC(C)CC1)CC(=Cc1cccc(C(F)(F)F)c1)C2=O. The normalized spacial score (nSPS) is 18.8. The highest BCUT2D eigenvalue weighted by Crippen LogP contribution is 2.39. The number of ether oxygens (including phenoxy) is 1. The van der Waals surface area contributed by atoms with Gasteiger partial charge in [-0.15, -0.1) is 0 Å². The van der Waals surface area contributed by atoms with E-state index in [1.165, 1.54) is 6.07 Å². The molecule has 1 aliphatic carbocycles. The van der Waals surface area contributed by atoms with Crippen molar-refractivity contribution in [3.8, 4) is 5.75 Å². The molecule has 0 bridgehead atoms. The minimum Gasteiger partial charge on any atom is -0.495 e. The molecule has 6 heteroatoms. The van der Waals surface area contributed by atoms with Crippen molar-refractivity contribution >= 4 is 17.5 Å². The third-order valence-electron chi connectivity index (χ3n) is 6.00. The number of anilines is 1. The summed E-state index contributed by atoms with van der Waals surface area (Å²) in [7, 11) is 1.59. The van der Waals surface area contributed by atoms with Gasteiger partial charge in [0.2, 0.25) is 0 Å². The molecule has 0 atom stereocenters. The van der Waals surface area contributed by atoms with E-state index < -0.39 is 11.7 Å². The fourth-order valence-electron chi connectivity index (χ4n) is 4.21. The predicted octanol–water partition coefficient (Wildman–Crippen LogP) is 5.77. The Labute approximate surface area is 174 Å². The number of fused-ring (bicyclic) bond motifs is 1. The number of methoxy groups -OCH3 is 1. The molecule has 1 fully saturated rings. The number of halogens is 3. The van der Waals surface area contributed by atoms with Crippen LogP contribution < -0.4 is 9.64 Å². The third kappa shape index (κ3) is 3.95. The topological polar surface area (TPSA) is 29.5 Å². The number of allylic oxidation sites excluding steroid dienone is 1. The Kier molecular flexibility index (Phi) is 5.35. The van der Waals surface area contributed by atoms with Gasteiger partial charge in [0.15, 0.2) is 5.78 Å². The Bertz CT molecular complexity index is 1000. The molecule has 2 aromatic rings. The number of ketones is 1. The summed E-state index contributed by atoms with van der Waals surface area (Å²) in [6.45, 7) is 4.13. The molecule has 0 unspecified atom stereocenters. The van der Waals surface area contributed by atoms with Crippen molar-refractivity contribution in [2.45, 2.75) is 32.4 Å². The number of piperidine rings is 1. The van der Waals surface area contributed by atoms with Gasteiger partial charge in [0.05, 0.1) is 18.4 Å². The maximum atomic E-state index is 13.0. The quantitative estimate of drug-likeness (QED) is 0.596. The third-order valence-corrected chi connectivity index (χ3v) is 6.00. The van der Waals surface area contributed by atoms with Crippen molar-refractivity contribution < 1.29 is 22.7 Å². The highest BCUT2D eigenvalue weighted by molar-refractivity contribution is 6.16. The van der Waals surface area contributed by atoms with Gasteiger partial charge in [-0.3, -0.25) is 4.79 Å². The van der Waals surface area contributed by atoms with Crippen LogP contribution in [0.15, 0.2) is 42.0 Å². The molecular formula is C24H24F3NO2. The summed E-state index contributed by atoms with van der Waals surface area (Å²) >= 11 is 0. The van der Waals surface area contributed by atoms with E-state index in [2.05, 4.69) is 11.8 Å². The zero-order valence-electron chi connectivity index (χ0n) is 17.1. The van der Waals surface area contributed by atoms with Crippen LogP contribution >= 0.6 is 0 Å². The van der Waals surface area contributed by atoms with Gasteiger partial charge in [-0.05, 0) is 60.2 Å². The van der Waals surface area contributed by atoms with Crippen molar-refractivity contribution in [1.29, 1.82) is 0 Å². The first-order chi connectivity index (χ1) is 14.3. The highest BCUT2D eigenvalue weighted by Gasteiger charge is 2.31. The van der Waals surface area contributed by atoms with Gasteiger partial charge in [-0.2, -0.15) is 13.2 Å². The molecule has 1 saturated heterocycles. The average molecular weight is 415 g/mol. The Balaban J connectivity index is 1.65. The summed E-state index contributed by atoms with van der Waals surface area (Å²) in [5.74, 6) is 1.21. The summed E-state index contributed by atoms with van der Waals surface area (Å²) < 4.78 is 44.6. The van der Waals surface area contributed by atoms with Gasteiger partial charge in [-0.1, -0.05) is 19.1 Å². The standard InChI is InChI=1S/C24H24F3NO2/c1-15-6-8-28(9-7-15)21-13-17-12-18(23(29)20(17)14-22(21)30-2)10-16-4-3-5-19(11-16)24(25,26)27/h3-5,10-11,13-15H,6-9,12H2,1-2H3. The second-order valence-electron chi connectivity index (χ2n) is 8.15. The number of alkyl halides is 3. The first-order valence-electron chi connectivity index (χ1n) is 10.1. The molecule has 0 radical (unpaired) electrons. The van der Waals surface area contributed by atoms with E-state index in [1.807, 2.05) is 6.07 Å². The van der Waals surface area contributed by atoms with Crippen molar-refractivity contribution in [3.05, 3.63) is 64.2 Å². The maximum Gasteiger partial charge on any atom is 0.416 e. The lowest BCUT2D eigenvalue weighted by Crippen LogP contribution is -2.33. The maximum absolute atomic E-state index is 13.0. The minimum absolute atomic E-state index is 0.153. The molecule has 0 N–H and O–H groups in total. The van der Waals surface area contributed by atoms with E-state index in [0.29, 0.717) is 34.8 Å². The van der Waals surface area contributed by atoms with Crippen LogP contribution in [0.1, 0.15) is 46.8 Å². The fourth-order valence-corrected chi connectivity index (χ4v) is 4.21. The zero-order valence-corrected chi connectivity index (χ0v) is 17.1. The Morgan fingerprint density at radius 1 is 1.13 bits per heavy atom. The monoisotopic (exact) mass is 415 g/mol. The second-order valence-corrected chi connectivity index (χ2v) is 8.15. The van der Waals surface area contributed by atoms with Crippen LogP contribution in [0.3, 0.4) is 0 Å². The summed E-state index contributed by atoms with van der Waals surface area (Å²) in [6, 6.07) is 8.83. The first kappa shape index (κ1) is 20.5. The van der Waals surface area contributed by atoms with Crippen LogP contribution in [0, 0.1) is 5.92 Å². The minimum atomic E-state index is -4.41. The number of benzene rings is 2. The smallest absolute Gasteiger partial charge is 0.416 e. The summed E-state index contributed by atoms with van der Waals surface area (Å²) in [4.78, 5) is 15.2. The molecule has 158 valence electrons. The van der Waals surface area contributed by atoms with Crippen molar-refractivity contribution in [1.82, 2.24) is 0 Å². The van der Waals surface area contributed by atoms with E-state index in [0.717, 1.165) is 49.3 Å². The zero-order chi connectivity index (χ0) is 21.5. The van der Waals surface area contributed by atoms with Crippen LogP contribution in [0.5, 0.6) is 5.75 Å². The van der Waals surface area contributed by atoms with Crippen molar-refractivity contribution in [3.63, 3.8) is 0 Å². The lowest BCUT2D eigenvalue weighted by molar-refractivity contribution is -0.137. The van der Waals surface area contributed by atoms with E-state index in [-0.39, 0.29) is 5.78 Å². The lowest BCUT2D eigenvalue weighted by Gasteiger charge is -2.33. The molecule has 0 amide bonds. The molecule has 4 rings (SSSR count). The van der Waals surface area contributed by atoms with Crippen molar-refractivity contribution in [2.75, 3.05) is 25.1 Å². The summed E-state index contributed by atoms with van der Waals surface area (Å²) in [6.07, 6.45) is -0.219. The Morgan fingerprint density at radius 2 is 1.87 bits per heavy atom. The summed E-state index contributed by atoms with van der Waals surface area (Å²) in [5, 5.41) is 0. The Hall–Kier alpha value is -2.76. The van der Waals surface area contributed by atoms with Crippen molar-refractivity contribution in [2.24, 2.45) is 5.92 Å². The summed E-state index contributed by atoms with van der Waals surface area (Å²) in [5.41, 5.74) is 2.60. The molecule has 1 aliphatic heterocycles. The molecule has 3 nitrogen and oxygen atoms in total. The molecule has 2 aliphatic rings. The van der Waals surface area contributed by atoms with Crippen LogP contribution in [0.2, 0.25) is 0 Å². The van der Waals surface area contributed by atoms with Gasteiger partial charge in [0, 0.05) is 30.6 Å². The Morgan fingerprint density at radius 3 is 2.53 bits per heavy atom. The molecule has 2 aromatic carbocycles. The number of carbonyl (C=O) groups excluding carboxylic acids is 1.